The predicted molar refractivity (Wildman–Crippen MR) is 111 cm³/mol. The minimum Gasteiger partial charge on any atom is -0.340 e. The van der Waals surface area contributed by atoms with Crippen LogP contribution in [-0.4, -0.2) is 44.8 Å². The first-order chi connectivity index (χ1) is 14.1. The van der Waals surface area contributed by atoms with Crippen molar-refractivity contribution < 1.29 is 9.18 Å². The molecule has 154 valence electrons. The fourth-order valence-corrected chi connectivity index (χ4v) is 3.29. The van der Waals surface area contributed by atoms with Gasteiger partial charge < -0.3 is 4.90 Å². The fraction of sp³-hybridized carbons (Fsp3) is 0.409. The second-order valence-corrected chi connectivity index (χ2v) is 7.35. The molecule has 0 unspecified atom stereocenters. The lowest BCUT2D eigenvalue weighted by atomic mass is 10.1. The van der Waals surface area contributed by atoms with E-state index in [0.717, 1.165) is 61.2 Å². The van der Waals surface area contributed by atoms with E-state index in [0.29, 0.717) is 12.2 Å². The van der Waals surface area contributed by atoms with Crippen LogP contribution >= 0.6 is 0 Å². The summed E-state index contributed by atoms with van der Waals surface area (Å²) in [7, 11) is 1.82. The maximum absolute atomic E-state index is 13.3. The van der Waals surface area contributed by atoms with Crippen LogP contribution in [0, 0.1) is 5.82 Å². The smallest absolute Gasteiger partial charge is 0.274 e. The third-order valence-electron chi connectivity index (χ3n) is 4.91. The van der Waals surface area contributed by atoms with E-state index < -0.39 is 0 Å². The summed E-state index contributed by atoms with van der Waals surface area (Å²) >= 11 is 0. The summed E-state index contributed by atoms with van der Waals surface area (Å²) in [4.78, 5) is 14.1. The Morgan fingerprint density at radius 2 is 1.83 bits per heavy atom. The van der Waals surface area contributed by atoms with Gasteiger partial charge in [0, 0.05) is 30.5 Å². The molecule has 0 aliphatic carbocycles. The van der Waals surface area contributed by atoms with Gasteiger partial charge in [-0.05, 0) is 49.9 Å². The number of amides is 1. The Morgan fingerprint density at radius 1 is 1.03 bits per heavy atom. The van der Waals surface area contributed by atoms with Crippen LogP contribution in [0.1, 0.15) is 54.5 Å². The molecule has 0 spiro atoms. The number of carbonyl (C=O) groups excluding carboxylic acids is 1. The second kappa shape index (κ2) is 10.0. The Bertz CT molecular complexity index is 933. The average molecular weight is 397 g/mol. The van der Waals surface area contributed by atoms with E-state index in [9.17, 15) is 9.18 Å². The number of H-pyrrole nitrogens is 2. The Kier molecular flexibility index (Phi) is 7.16. The predicted octanol–water partition coefficient (Wildman–Crippen LogP) is 4.38. The largest absolute Gasteiger partial charge is 0.340 e. The SMILES string of the molecule is CCCc1cc(C(=O)N(C)CCCCCc2cc(-c3cccc(F)c3)n[nH]2)n[nH]1. The molecule has 2 aromatic heterocycles. The normalized spacial score (nSPS) is 11.0. The molecule has 0 fully saturated rings. The molecule has 0 atom stereocenters. The van der Waals surface area contributed by atoms with E-state index in [1.54, 1.807) is 11.0 Å². The molecule has 7 heteroatoms. The standard InChI is InChI=1S/C22H28FN5O/c1-3-8-18-15-21(27-24-18)22(29)28(2)12-6-4-5-11-19-14-20(26-25-19)16-9-7-10-17(23)13-16/h7,9-10,13-15H,3-6,8,11-12H2,1-2H3,(H,24,27)(H,25,26). The molecule has 2 N–H and O–H groups in total. The van der Waals surface area contributed by atoms with Crippen LogP contribution < -0.4 is 0 Å². The molecule has 1 aromatic carbocycles. The number of hydrogen-bond donors (Lipinski definition) is 2. The van der Waals surface area contributed by atoms with Gasteiger partial charge in [-0.2, -0.15) is 10.2 Å². The number of nitrogens with zero attached hydrogens (tertiary/aromatic N) is 3. The van der Waals surface area contributed by atoms with Crippen molar-refractivity contribution in [1.29, 1.82) is 0 Å². The van der Waals surface area contributed by atoms with Gasteiger partial charge in [0.25, 0.3) is 5.91 Å². The molecular formula is C22H28FN5O. The van der Waals surface area contributed by atoms with E-state index in [-0.39, 0.29) is 11.7 Å². The molecule has 0 radical (unpaired) electrons. The summed E-state index contributed by atoms with van der Waals surface area (Å²) in [6.07, 6.45) is 5.73. The maximum Gasteiger partial charge on any atom is 0.274 e. The Hall–Kier alpha value is -2.96. The van der Waals surface area contributed by atoms with Gasteiger partial charge in [0.2, 0.25) is 0 Å². The molecular weight excluding hydrogens is 369 g/mol. The molecule has 0 aliphatic rings. The summed E-state index contributed by atoms with van der Waals surface area (Å²) in [6, 6.07) is 10.3. The van der Waals surface area contributed by atoms with Gasteiger partial charge in [-0.25, -0.2) is 4.39 Å². The number of hydrogen-bond acceptors (Lipinski definition) is 3. The van der Waals surface area contributed by atoms with Crippen LogP contribution in [0.15, 0.2) is 36.4 Å². The molecule has 0 saturated carbocycles. The zero-order chi connectivity index (χ0) is 20.6. The van der Waals surface area contributed by atoms with E-state index in [1.807, 2.05) is 25.2 Å². The molecule has 0 saturated heterocycles. The molecule has 1 amide bonds. The summed E-state index contributed by atoms with van der Waals surface area (Å²) in [5, 5.41) is 14.3. The lowest BCUT2D eigenvalue weighted by molar-refractivity contribution is 0.0786. The van der Waals surface area contributed by atoms with Crippen LogP contribution in [0.25, 0.3) is 11.3 Å². The molecule has 6 nitrogen and oxygen atoms in total. The summed E-state index contributed by atoms with van der Waals surface area (Å²) in [6.45, 7) is 2.80. The zero-order valence-electron chi connectivity index (χ0n) is 17.0. The van der Waals surface area contributed by atoms with Crippen molar-refractivity contribution in [2.75, 3.05) is 13.6 Å². The van der Waals surface area contributed by atoms with Gasteiger partial charge in [0.05, 0.1) is 5.69 Å². The number of halogens is 1. The third kappa shape index (κ3) is 5.76. The highest BCUT2D eigenvalue weighted by Crippen LogP contribution is 2.19. The number of rotatable bonds is 10. The number of aromatic amines is 2. The number of unbranched alkanes of at least 4 members (excludes halogenated alkanes) is 2. The van der Waals surface area contributed by atoms with Crippen LogP contribution in [0.5, 0.6) is 0 Å². The number of benzene rings is 1. The van der Waals surface area contributed by atoms with Crippen molar-refractivity contribution in [3.8, 4) is 11.3 Å². The highest BCUT2D eigenvalue weighted by Gasteiger charge is 2.14. The minimum absolute atomic E-state index is 0.0445. The number of aromatic nitrogens is 4. The van der Waals surface area contributed by atoms with E-state index >= 15 is 0 Å². The number of nitrogens with one attached hydrogen (secondary N) is 2. The quantitative estimate of drug-likeness (QED) is 0.499. The van der Waals surface area contributed by atoms with Crippen LogP contribution in [0.2, 0.25) is 0 Å². The van der Waals surface area contributed by atoms with Gasteiger partial charge in [-0.3, -0.25) is 15.0 Å². The lowest BCUT2D eigenvalue weighted by Gasteiger charge is -2.15. The van der Waals surface area contributed by atoms with Crippen molar-refractivity contribution in [3.63, 3.8) is 0 Å². The van der Waals surface area contributed by atoms with Gasteiger partial charge >= 0.3 is 0 Å². The van der Waals surface area contributed by atoms with Crippen molar-refractivity contribution in [3.05, 3.63) is 59.3 Å². The fourth-order valence-electron chi connectivity index (χ4n) is 3.29. The van der Waals surface area contributed by atoms with Gasteiger partial charge in [0.15, 0.2) is 0 Å². The van der Waals surface area contributed by atoms with Crippen molar-refractivity contribution in [1.82, 2.24) is 25.3 Å². The molecule has 0 aliphatic heterocycles. The van der Waals surface area contributed by atoms with Gasteiger partial charge in [-0.1, -0.05) is 31.9 Å². The van der Waals surface area contributed by atoms with Crippen molar-refractivity contribution >= 4 is 5.91 Å². The van der Waals surface area contributed by atoms with E-state index in [2.05, 4.69) is 27.3 Å². The number of carbonyl (C=O) groups is 1. The summed E-state index contributed by atoms with van der Waals surface area (Å²) in [5.74, 6) is -0.306. The van der Waals surface area contributed by atoms with Crippen LogP contribution in [0.3, 0.4) is 0 Å². The van der Waals surface area contributed by atoms with E-state index in [1.165, 1.54) is 12.1 Å². The lowest BCUT2D eigenvalue weighted by Crippen LogP contribution is -2.28. The zero-order valence-corrected chi connectivity index (χ0v) is 17.0. The Labute approximate surface area is 170 Å². The first-order valence-corrected chi connectivity index (χ1v) is 10.2. The topological polar surface area (TPSA) is 77.7 Å². The molecule has 29 heavy (non-hydrogen) atoms. The molecule has 0 bridgehead atoms. The highest BCUT2D eigenvalue weighted by atomic mass is 19.1. The Morgan fingerprint density at radius 3 is 2.62 bits per heavy atom. The monoisotopic (exact) mass is 397 g/mol. The first-order valence-electron chi connectivity index (χ1n) is 10.2. The third-order valence-corrected chi connectivity index (χ3v) is 4.91. The van der Waals surface area contributed by atoms with Gasteiger partial charge in [0.1, 0.15) is 11.5 Å². The van der Waals surface area contributed by atoms with E-state index in [4.69, 9.17) is 0 Å². The van der Waals surface area contributed by atoms with Crippen molar-refractivity contribution in [2.45, 2.75) is 45.4 Å². The summed E-state index contributed by atoms with van der Waals surface area (Å²) < 4.78 is 13.3. The molecule has 2 heterocycles. The molecule has 3 rings (SSSR count). The van der Waals surface area contributed by atoms with Crippen LogP contribution in [0.4, 0.5) is 4.39 Å². The summed E-state index contributed by atoms with van der Waals surface area (Å²) in [5.41, 5.74) is 4.05. The second-order valence-electron chi connectivity index (χ2n) is 7.35. The van der Waals surface area contributed by atoms with Crippen molar-refractivity contribution in [2.24, 2.45) is 0 Å². The highest BCUT2D eigenvalue weighted by molar-refractivity contribution is 5.92. The Balaban J connectivity index is 1.39. The van der Waals surface area contributed by atoms with Crippen LogP contribution in [-0.2, 0) is 12.8 Å². The first kappa shape index (κ1) is 20.8. The molecule has 3 aromatic rings. The number of aryl methyl sites for hydroxylation is 2. The van der Waals surface area contributed by atoms with Gasteiger partial charge in [-0.15, -0.1) is 0 Å². The average Bonchev–Trinajstić information content (AvgIpc) is 3.37. The minimum atomic E-state index is -0.262. The maximum atomic E-state index is 13.3.